The summed E-state index contributed by atoms with van der Waals surface area (Å²) in [6.45, 7) is 7.72. The number of nitrogens with zero attached hydrogens (tertiary/aromatic N) is 2. The summed E-state index contributed by atoms with van der Waals surface area (Å²) in [5.74, 6) is 2.55. The van der Waals surface area contributed by atoms with E-state index in [9.17, 15) is 0 Å². The van der Waals surface area contributed by atoms with E-state index in [-0.39, 0.29) is 0 Å². The van der Waals surface area contributed by atoms with E-state index < -0.39 is 0 Å². The molecule has 0 radical (unpaired) electrons. The Morgan fingerprint density at radius 3 is 2.53 bits per heavy atom. The largest absolute Gasteiger partial charge is 0.384 e. The van der Waals surface area contributed by atoms with Crippen molar-refractivity contribution in [2.24, 2.45) is 0 Å². The molecule has 1 aliphatic rings. The monoisotopic (exact) mass is 280 g/mol. The molecule has 106 valence electrons. The zero-order chi connectivity index (χ0) is 13.3. The second-order valence-electron chi connectivity index (χ2n) is 4.77. The van der Waals surface area contributed by atoms with Gasteiger partial charge in [-0.15, -0.1) is 0 Å². The van der Waals surface area contributed by atoms with Gasteiger partial charge in [0.25, 0.3) is 0 Å². The maximum absolute atomic E-state index is 4.26. The third kappa shape index (κ3) is 5.28. The summed E-state index contributed by atoms with van der Waals surface area (Å²) in [6.07, 6.45) is 4.90. The van der Waals surface area contributed by atoms with Crippen molar-refractivity contribution >= 4 is 23.1 Å². The van der Waals surface area contributed by atoms with Crippen molar-refractivity contribution in [1.82, 2.24) is 9.88 Å². The highest BCUT2D eigenvalue weighted by atomic mass is 32.2. The number of aromatic nitrogens is 1. The molecule has 1 aliphatic heterocycles. The molecule has 5 heteroatoms. The molecule has 0 unspecified atom stereocenters. The highest BCUT2D eigenvalue weighted by Gasteiger charge is 2.09. The van der Waals surface area contributed by atoms with E-state index in [1.807, 2.05) is 12.4 Å². The van der Waals surface area contributed by atoms with Gasteiger partial charge in [0.15, 0.2) is 0 Å². The van der Waals surface area contributed by atoms with E-state index in [0.29, 0.717) is 0 Å². The maximum Gasteiger partial charge on any atom is 0.0547 e. The number of thioether (sulfide) groups is 1. The minimum absolute atomic E-state index is 0.990. The fourth-order valence-corrected chi connectivity index (χ4v) is 3.06. The molecule has 2 rings (SSSR count). The second-order valence-corrected chi connectivity index (χ2v) is 5.99. The van der Waals surface area contributed by atoms with Gasteiger partial charge in [-0.2, -0.15) is 11.8 Å². The molecule has 0 aromatic carbocycles. The normalized spacial score (nSPS) is 16.3. The third-order valence-corrected chi connectivity index (χ3v) is 4.12. The molecule has 0 bridgehead atoms. The van der Waals surface area contributed by atoms with Crippen LogP contribution in [0, 0.1) is 0 Å². The molecule has 19 heavy (non-hydrogen) atoms. The van der Waals surface area contributed by atoms with Crippen LogP contribution in [0.25, 0.3) is 0 Å². The van der Waals surface area contributed by atoms with Gasteiger partial charge in [-0.05, 0) is 12.5 Å². The summed E-state index contributed by atoms with van der Waals surface area (Å²) < 4.78 is 0. The predicted molar refractivity (Wildman–Crippen MR) is 85.3 cm³/mol. The zero-order valence-corrected chi connectivity index (χ0v) is 12.5. The lowest BCUT2D eigenvalue weighted by atomic mass is 10.3. The molecule has 0 spiro atoms. The summed E-state index contributed by atoms with van der Waals surface area (Å²) >= 11 is 2.06. The van der Waals surface area contributed by atoms with Crippen molar-refractivity contribution in [2.75, 3.05) is 54.9 Å². The van der Waals surface area contributed by atoms with Gasteiger partial charge in [-0.3, -0.25) is 9.88 Å². The van der Waals surface area contributed by atoms with E-state index in [2.05, 4.69) is 45.3 Å². The summed E-state index contributed by atoms with van der Waals surface area (Å²) in [7, 11) is 0. The number of rotatable bonds is 7. The number of anilines is 2. The number of nitrogens with one attached hydrogen (secondary N) is 2. The third-order valence-electron chi connectivity index (χ3n) is 3.18. The Morgan fingerprint density at radius 2 is 1.84 bits per heavy atom. The zero-order valence-electron chi connectivity index (χ0n) is 11.7. The van der Waals surface area contributed by atoms with Crippen molar-refractivity contribution in [3.63, 3.8) is 0 Å². The molecule has 1 aromatic rings. The van der Waals surface area contributed by atoms with Crippen LogP contribution in [0.15, 0.2) is 18.5 Å². The molecule has 1 saturated heterocycles. The van der Waals surface area contributed by atoms with Crippen LogP contribution in [-0.2, 0) is 0 Å². The van der Waals surface area contributed by atoms with Gasteiger partial charge >= 0.3 is 0 Å². The SMILES string of the molecule is CCCNc1cncc(NCCN2CCSCC2)c1. The van der Waals surface area contributed by atoms with Gasteiger partial charge in [0.1, 0.15) is 0 Å². The highest BCUT2D eigenvalue weighted by molar-refractivity contribution is 7.99. The lowest BCUT2D eigenvalue weighted by Gasteiger charge is -2.26. The van der Waals surface area contributed by atoms with Gasteiger partial charge in [0.2, 0.25) is 0 Å². The Hall–Kier alpha value is -0.940. The first-order valence-electron chi connectivity index (χ1n) is 7.11. The quantitative estimate of drug-likeness (QED) is 0.802. The molecule has 4 nitrogen and oxygen atoms in total. The van der Waals surface area contributed by atoms with Crippen molar-refractivity contribution in [1.29, 1.82) is 0 Å². The van der Waals surface area contributed by atoms with Gasteiger partial charge in [-0.1, -0.05) is 6.92 Å². The Balaban J connectivity index is 1.72. The van der Waals surface area contributed by atoms with E-state index >= 15 is 0 Å². The Labute approximate surface area is 120 Å². The molecular weight excluding hydrogens is 256 g/mol. The summed E-state index contributed by atoms with van der Waals surface area (Å²) in [4.78, 5) is 6.78. The van der Waals surface area contributed by atoms with Crippen molar-refractivity contribution in [2.45, 2.75) is 13.3 Å². The van der Waals surface area contributed by atoms with Gasteiger partial charge in [0.05, 0.1) is 23.8 Å². The predicted octanol–water partition coefficient (Wildman–Crippen LogP) is 2.36. The van der Waals surface area contributed by atoms with Crippen LogP contribution in [0.3, 0.4) is 0 Å². The smallest absolute Gasteiger partial charge is 0.0547 e. The average molecular weight is 280 g/mol. The van der Waals surface area contributed by atoms with Crippen LogP contribution < -0.4 is 10.6 Å². The number of hydrogen-bond donors (Lipinski definition) is 2. The fourth-order valence-electron chi connectivity index (χ4n) is 2.09. The van der Waals surface area contributed by atoms with Crippen molar-refractivity contribution in [3.05, 3.63) is 18.5 Å². The summed E-state index contributed by atoms with van der Waals surface area (Å²) in [5.41, 5.74) is 2.20. The summed E-state index contributed by atoms with van der Waals surface area (Å²) in [6, 6.07) is 2.13. The van der Waals surface area contributed by atoms with Crippen LogP contribution in [0.4, 0.5) is 11.4 Å². The topological polar surface area (TPSA) is 40.2 Å². The summed E-state index contributed by atoms with van der Waals surface area (Å²) in [5, 5.41) is 6.82. The maximum atomic E-state index is 4.26. The molecule has 2 heterocycles. The van der Waals surface area contributed by atoms with Crippen LogP contribution in [0.5, 0.6) is 0 Å². The molecule has 0 aliphatic carbocycles. The van der Waals surface area contributed by atoms with E-state index in [4.69, 9.17) is 0 Å². The lowest BCUT2D eigenvalue weighted by Crippen LogP contribution is -2.36. The molecule has 2 N–H and O–H groups in total. The Kier molecular flexibility index (Phi) is 6.30. The Morgan fingerprint density at radius 1 is 1.16 bits per heavy atom. The van der Waals surface area contributed by atoms with Crippen LogP contribution >= 0.6 is 11.8 Å². The number of hydrogen-bond acceptors (Lipinski definition) is 5. The molecule has 0 saturated carbocycles. The fraction of sp³-hybridized carbons (Fsp3) is 0.643. The Bertz CT molecular complexity index is 366. The average Bonchev–Trinajstić information content (AvgIpc) is 2.47. The minimum Gasteiger partial charge on any atom is -0.384 e. The van der Waals surface area contributed by atoms with E-state index in [0.717, 1.165) is 37.4 Å². The minimum atomic E-state index is 0.990. The van der Waals surface area contributed by atoms with Crippen LogP contribution in [0.1, 0.15) is 13.3 Å². The first-order chi connectivity index (χ1) is 9.38. The second kappa shape index (κ2) is 8.27. The van der Waals surface area contributed by atoms with E-state index in [1.165, 1.54) is 24.6 Å². The molecular formula is C14H24N4S. The highest BCUT2D eigenvalue weighted by Crippen LogP contribution is 2.13. The molecule has 0 amide bonds. The molecule has 0 atom stereocenters. The van der Waals surface area contributed by atoms with Crippen molar-refractivity contribution in [3.8, 4) is 0 Å². The molecule has 1 fully saturated rings. The van der Waals surface area contributed by atoms with Crippen molar-refractivity contribution < 1.29 is 0 Å². The lowest BCUT2D eigenvalue weighted by molar-refractivity contribution is 0.314. The van der Waals surface area contributed by atoms with Gasteiger partial charge in [0, 0.05) is 44.2 Å². The van der Waals surface area contributed by atoms with E-state index in [1.54, 1.807) is 0 Å². The first kappa shape index (κ1) is 14.5. The van der Waals surface area contributed by atoms with Crippen LogP contribution in [0.2, 0.25) is 0 Å². The standard InChI is InChI=1S/C14H24N4S/c1-2-3-16-13-10-14(12-15-11-13)17-4-5-18-6-8-19-9-7-18/h10-12,16-17H,2-9H2,1H3. The van der Waals surface area contributed by atoms with Gasteiger partial charge < -0.3 is 10.6 Å². The number of pyridine rings is 1. The van der Waals surface area contributed by atoms with Gasteiger partial charge in [-0.25, -0.2) is 0 Å². The first-order valence-corrected chi connectivity index (χ1v) is 8.27. The van der Waals surface area contributed by atoms with Crippen LogP contribution in [-0.4, -0.2) is 54.1 Å². The molecule has 1 aromatic heterocycles.